The summed E-state index contributed by atoms with van der Waals surface area (Å²) in [4.78, 5) is 17.3. The molecule has 0 spiro atoms. The van der Waals surface area contributed by atoms with Crippen molar-refractivity contribution in [1.82, 2.24) is 10.1 Å². The summed E-state index contributed by atoms with van der Waals surface area (Å²) >= 11 is 0. The van der Waals surface area contributed by atoms with Crippen molar-refractivity contribution in [2.75, 3.05) is 18.0 Å². The Labute approximate surface area is 160 Å². The second-order valence-electron chi connectivity index (χ2n) is 8.20. The van der Waals surface area contributed by atoms with E-state index in [2.05, 4.69) is 27.1 Å². The van der Waals surface area contributed by atoms with Gasteiger partial charge in [-0.1, -0.05) is 35.5 Å². The lowest BCUT2D eigenvalue weighted by atomic mass is 10.1. The van der Waals surface area contributed by atoms with Crippen LogP contribution >= 0.6 is 0 Å². The third-order valence-corrected chi connectivity index (χ3v) is 5.98. The lowest BCUT2D eigenvalue weighted by Crippen LogP contribution is -2.35. The topological polar surface area (TPSA) is 49.6 Å². The Balaban J connectivity index is 1.51. The van der Waals surface area contributed by atoms with Crippen LogP contribution in [-0.2, 0) is 11.3 Å². The number of carbonyl (C=O) groups is 1. The van der Waals surface area contributed by atoms with Gasteiger partial charge in [-0.25, -0.2) is 0 Å². The standard InChI is InChI=1S/C22H27N3O2/c26-21(17-9-10-17)25(18-11-12-18)15-19-20(16-7-3-1-4-8-16)23-27-22(19)24-13-5-2-6-14-24/h1,3-4,7-8,17-18H,2,5-6,9-15H2. The van der Waals surface area contributed by atoms with Crippen molar-refractivity contribution in [2.24, 2.45) is 5.92 Å². The lowest BCUT2D eigenvalue weighted by Gasteiger charge is -2.28. The molecule has 2 heterocycles. The molecule has 2 aromatic rings. The summed E-state index contributed by atoms with van der Waals surface area (Å²) in [5.41, 5.74) is 3.04. The van der Waals surface area contributed by atoms with Crippen molar-refractivity contribution in [3.8, 4) is 11.3 Å². The number of hydrogen-bond donors (Lipinski definition) is 0. The molecule has 142 valence electrons. The maximum atomic E-state index is 12.9. The Kier molecular flexibility index (Phi) is 4.38. The zero-order chi connectivity index (χ0) is 18.2. The monoisotopic (exact) mass is 365 g/mol. The first kappa shape index (κ1) is 16.8. The Morgan fingerprint density at radius 2 is 1.81 bits per heavy atom. The van der Waals surface area contributed by atoms with E-state index in [9.17, 15) is 4.79 Å². The van der Waals surface area contributed by atoms with Crippen LogP contribution in [0.2, 0.25) is 0 Å². The molecule has 3 fully saturated rings. The van der Waals surface area contributed by atoms with Gasteiger partial charge in [0, 0.05) is 30.6 Å². The molecule has 2 aliphatic carbocycles. The molecule has 1 amide bonds. The number of nitrogens with zero attached hydrogens (tertiary/aromatic N) is 3. The van der Waals surface area contributed by atoms with Crippen molar-refractivity contribution in [3.63, 3.8) is 0 Å². The number of carbonyl (C=O) groups excluding carboxylic acids is 1. The molecule has 1 saturated heterocycles. The van der Waals surface area contributed by atoms with E-state index >= 15 is 0 Å². The van der Waals surface area contributed by atoms with E-state index in [0.717, 1.165) is 61.5 Å². The lowest BCUT2D eigenvalue weighted by molar-refractivity contribution is -0.133. The van der Waals surface area contributed by atoms with E-state index in [1.807, 2.05) is 18.2 Å². The van der Waals surface area contributed by atoms with E-state index in [0.29, 0.717) is 18.5 Å². The molecule has 5 heteroatoms. The molecule has 27 heavy (non-hydrogen) atoms. The van der Waals surface area contributed by atoms with Gasteiger partial charge in [-0.2, -0.15) is 0 Å². The van der Waals surface area contributed by atoms with Gasteiger partial charge >= 0.3 is 0 Å². The molecule has 0 bridgehead atoms. The first-order chi connectivity index (χ1) is 13.3. The van der Waals surface area contributed by atoms with Gasteiger partial charge in [0.15, 0.2) is 0 Å². The smallest absolute Gasteiger partial charge is 0.232 e. The summed E-state index contributed by atoms with van der Waals surface area (Å²) in [6.45, 7) is 2.65. The quantitative estimate of drug-likeness (QED) is 0.768. The van der Waals surface area contributed by atoms with E-state index in [-0.39, 0.29) is 5.92 Å². The zero-order valence-electron chi connectivity index (χ0n) is 15.8. The molecule has 1 aromatic heterocycles. The molecule has 5 nitrogen and oxygen atoms in total. The van der Waals surface area contributed by atoms with Crippen molar-refractivity contribution < 1.29 is 9.32 Å². The van der Waals surface area contributed by atoms with Crippen LogP contribution in [0.3, 0.4) is 0 Å². The van der Waals surface area contributed by atoms with Crippen LogP contribution in [0.15, 0.2) is 34.9 Å². The number of aromatic nitrogens is 1. The van der Waals surface area contributed by atoms with Crippen LogP contribution in [0, 0.1) is 5.92 Å². The number of benzene rings is 1. The summed E-state index contributed by atoms with van der Waals surface area (Å²) in [6.07, 6.45) is 8.02. The van der Waals surface area contributed by atoms with Crippen LogP contribution in [0.4, 0.5) is 5.88 Å². The van der Waals surface area contributed by atoms with Gasteiger partial charge < -0.3 is 14.3 Å². The SMILES string of the molecule is O=C(C1CC1)N(Cc1c(-c2ccccc2)noc1N1CCCCC1)C1CC1. The predicted octanol–water partition coefficient (Wildman–Crippen LogP) is 4.23. The summed E-state index contributed by atoms with van der Waals surface area (Å²) in [6, 6.07) is 10.6. The van der Waals surface area contributed by atoms with Gasteiger partial charge in [0.05, 0.1) is 12.1 Å². The van der Waals surface area contributed by atoms with Crippen LogP contribution < -0.4 is 4.90 Å². The van der Waals surface area contributed by atoms with Gasteiger partial charge in [0.2, 0.25) is 11.8 Å². The molecule has 5 rings (SSSR count). The average molecular weight is 365 g/mol. The highest BCUT2D eigenvalue weighted by molar-refractivity contribution is 5.82. The first-order valence-electron chi connectivity index (χ1n) is 10.4. The minimum atomic E-state index is 0.254. The molecule has 2 saturated carbocycles. The summed E-state index contributed by atoms with van der Waals surface area (Å²) < 4.78 is 5.88. The Bertz CT molecular complexity index is 802. The van der Waals surface area contributed by atoms with Gasteiger partial charge in [0.25, 0.3) is 0 Å². The number of hydrogen-bond acceptors (Lipinski definition) is 4. The second-order valence-corrected chi connectivity index (χ2v) is 8.20. The molecular formula is C22H27N3O2. The maximum Gasteiger partial charge on any atom is 0.232 e. The fourth-order valence-corrected chi connectivity index (χ4v) is 4.12. The van der Waals surface area contributed by atoms with Crippen LogP contribution in [0.25, 0.3) is 11.3 Å². The van der Waals surface area contributed by atoms with E-state index < -0.39 is 0 Å². The Morgan fingerprint density at radius 3 is 2.48 bits per heavy atom. The number of piperidine rings is 1. The normalized spacial score (nSPS) is 19.9. The third kappa shape index (κ3) is 3.47. The fraction of sp³-hybridized carbons (Fsp3) is 0.545. The molecule has 0 unspecified atom stereocenters. The Hall–Kier alpha value is -2.30. The van der Waals surface area contributed by atoms with Gasteiger partial charge in [-0.3, -0.25) is 4.79 Å². The minimum Gasteiger partial charge on any atom is -0.340 e. The molecule has 0 N–H and O–H groups in total. The molecular weight excluding hydrogens is 338 g/mol. The van der Waals surface area contributed by atoms with Crippen molar-refractivity contribution in [3.05, 3.63) is 35.9 Å². The maximum absolute atomic E-state index is 12.9. The third-order valence-electron chi connectivity index (χ3n) is 5.98. The molecule has 0 radical (unpaired) electrons. The molecule has 1 aliphatic heterocycles. The number of rotatable bonds is 6. The predicted molar refractivity (Wildman–Crippen MR) is 104 cm³/mol. The second kappa shape index (κ2) is 7.02. The molecule has 0 atom stereocenters. The minimum absolute atomic E-state index is 0.254. The van der Waals surface area contributed by atoms with Crippen LogP contribution in [0.5, 0.6) is 0 Å². The molecule has 1 aromatic carbocycles. The molecule has 3 aliphatic rings. The zero-order valence-corrected chi connectivity index (χ0v) is 15.8. The van der Waals surface area contributed by atoms with E-state index in [1.54, 1.807) is 0 Å². The largest absolute Gasteiger partial charge is 0.340 e. The van der Waals surface area contributed by atoms with E-state index in [1.165, 1.54) is 19.3 Å². The summed E-state index contributed by atoms with van der Waals surface area (Å²) in [7, 11) is 0. The van der Waals surface area contributed by atoms with Crippen molar-refractivity contribution >= 4 is 11.8 Å². The Morgan fingerprint density at radius 1 is 1.07 bits per heavy atom. The van der Waals surface area contributed by atoms with Gasteiger partial charge in [-0.05, 0) is 44.9 Å². The van der Waals surface area contributed by atoms with E-state index in [4.69, 9.17) is 4.52 Å². The highest BCUT2D eigenvalue weighted by atomic mass is 16.5. The van der Waals surface area contributed by atoms with Crippen LogP contribution in [0.1, 0.15) is 50.5 Å². The highest BCUT2D eigenvalue weighted by Gasteiger charge is 2.41. The summed E-state index contributed by atoms with van der Waals surface area (Å²) in [5.74, 6) is 1.47. The first-order valence-corrected chi connectivity index (χ1v) is 10.4. The van der Waals surface area contributed by atoms with Crippen molar-refractivity contribution in [2.45, 2.75) is 57.5 Å². The number of amides is 1. The van der Waals surface area contributed by atoms with Crippen LogP contribution in [-0.4, -0.2) is 35.1 Å². The highest BCUT2D eigenvalue weighted by Crippen LogP contribution is 2.40. The van der Waals surface area contributed by atoms with Gasteiger partial charge in [-0.15, -0.1) is 0 Å². The van der Waals surface area contributed by atoms with Gasteiger partial charge in [0.1, 0.15) is 5.69 Å². The number of anilines is 1. The summed E-state index contributed by atoms with van der Waals surface area (Å²) in [5, 5.41) is 4.46. The average Bonchev–Trinajstić information content (AvgIpc) is 3.64. The fourth-order valence-electron chi connectivity index (χ4n) is 4.12. The van der Waals surface area contributed by atoms with Crippen molar-refractivity contribution in [1.29, 1.82) is 0 Å².